The van der Waals surface area contributed by atoms with Gasteiger partial charge in [-0.2, -0.15) is 18.3 Å². The highest BCUT2D eigenvalue weighted by Crippen LogP contribution is 2.23. The number of fused-ring (bicyclic) bond motifs is 1. The summed E-state index contributed by atoms with van der Waals surface area (Å²) in [6.45, 7) is 5.68. The van der Waals surface area contributed by atoms with Gasteiger partial charge >= 0.3 is 12.1 Å². The van der Waals surface area contributed by atoms with E-state index < -0.39 is 12.1 Å². The van der Waals surface area contributed by atoms with Crippen molar-refractivity contribution in [3.05, 3.63) is 41.9 Å². The fourth-order valence-corrected chi connectivity index (χ4v) is 2.90. The predicted molar refractivity (Wildman–Crippen MR) is 104 cm³/mol. The molecule has 0 saturated heterocycles. The zero-order valence-corrected chi connectivity index (χ0v) is 17.2. The van der Waals surface area contributed by atoms with Crippen molar-refractivity contribution < 1.29 is 32.6 Å². The highest BCUT2D eigenvalue weighted by atomic mass is 19.4. The van der Waals surface area contributed by atoms with Crippen LogP contribution in [-0.4, -0.2) is 76.2 Å². The Morgan fingerprint density at radius 2 is 1.94 bits per heavy atom. The average molecular weight is 443 g/mol. The molecule has 170 valence electrons. The number of alkyl halides is 3. The number of rotatable bonds is 5. The molecule has 0 radical (unpaired) electrons. The number of carbonyl (C=O) groups is 2. The van der Waals surface area contributed by atoms with Gasteiger partial charge in [-0.1, -0.05) is 6.07 Å². The van der Waals surface area contributed by atoms with E-state index in [0.717, 1.165) is 36.7 Å². The van der Waals surface area contributed by atoms with Gasteiger partial charge in [-0.3, -0.25) is 9.48 Å². The third-order valence-electron chi connectivity index (χ3n) is 4.42. The van der Waals surface area contributed by atoms with Gasteiger partial charge in [0.15, 0.2) is 0 Å². The predicted octanol–water partition coefficient (Wildman–Crippen LogP) is 1.72. The van der Waals surface area contributed by atoms with Crippen LogP contribution in [0.5, 0.6) is 0 Å². The van der Waals surface area contributed by atoms with Gasteiger partial charge in [0.2, 0.25) is 5.91 Å². The molecule has 0 aliphatic carbocycles. The highest BCUT2D eigenvalue weighted by molar-refractivity contribution is 5.78. The summed E-state index contributed by atoms with van der Waals surface area (Å²) < 4.78 is 38.6. The molecule has 1 N–H and O–H groups in total. The van der Waals surface area contributed by atoms with E-state index in [1.54, 1.807) is 13.3 Å². The Bertz CT molecular complexity index is 874. The Hall–Kier alpha value is -3.15. The van der Waals surface area contributed by atoms with E-state index in [9.17, 15) is 18.0 Å². The normalized spacial score (nSPS) is 13.7. The molecule has 0 fully saturated rings. The van der Waals surface area contributed by atoms with Crippen LogP contribution in [0.4, 0.5) is 19.0 Å². The van der Waals surface area contributed by atoms with Crippen LogP contribution in [0.1, 0.15) is 11.3 Å². The quantitative estimate of drug-likeness (QED) is 0.751. The van der Waals surface area contributed by atoms with Crippen molar-refractivity contribution in [2.75, 3.05) is 38.3 Å². The fourth-order valence-electron chi connectivity index (χ4n) is 2.90. The Labute approximate surface area is 177 Å². The second-order valence-electron chi connectivity index (χ2n) is 6.74. The van der Waals surface area contributed by atoms with Crippen LogP contribution in [0.3, 0.4) is 0 Å². The summed E-state index contributed by atoms with van der Waals surface area (Å²) in [7, 11) is 1.55. The summed E-state index contributed by atoms with van der Waals surface area (Å²) in [6, 6.07) is 5.98. The minimum Gasteiger partial charge on any atom is -0.475 e. The highest BCUT2D eigenvalue weighted by Gasteiger charge is 2.38. The average Bonchev–Trinajstić information content (AvgIpc) is 3.15. The number of carboxylic acid groups (broad SMARTS) is 1. The molecule has 12 heteroatoms. The minimum absolute atomic E-state index is 0.0120. The number of nitrogens with zero attached hydrogens (tertiary/aromatic N) is 5. The first-order valence-electron chi connectivity index (χ1n) is 9.37. The molecule has 2 aromatic rings. The summed E-state index contributed by atoms with van der Waals surface area (Å²) in [5.74, 6) is -1.78. The first-order valence-corrected chi connectivity index (χ1v) is 9.37. The van der Waals surface area contributed by atoms with Gasteiger partial charge in [0.1, 0.15) is 12.4 Å². The first kappa shape index (κ1) is 24.1. The molecule has 3 heterocycles. The van der Waals surface area contributed by atoms with Crippen molar-refractivity contribution in [2.24, 2.45) is 0 Å². The molecule has 0 saturated carbocycles. The number of aliphatic carboxylic acids is 1. The van der Waals surface area contributed by atoms with Gasteiger partial charge in [-0.15, -0.1) is 0 Å². The van der Waals surface area contributed by atoms with E-state index in [4.69, 9.17) is 19.6 Å². The molecule has 2 aromatic heterocycles. The van der Waals surface area contributed by atoms with Crippen LogP contribution in [-0.2, 0) is 27.4 Å². The smallest absolute Gasteiger partial charge is 0.475 e. The van der Waals surface area contributed by atoms with Gasteiger partial charge < -0.3 is 19.6 Å². The van der Waals surface area contributed by atoms with Crippen LogP contribution in [0.2, 0.25) is 0 Å². The third-order valence-corrected chi connectivity index (χ3v) is 4.42. The van der Waals surface area contributed by atoms with Crippen molar-refractivity contribution >= 4 is 17.7 Å². The van der Waals surface area contributed by atoms with E-state index in [0.29, 0.717) is 13.1 Å². The molecule has 9 nitrogen and oxygen atoms in total. The molecular weight excluding hydrogens is 419 g/mol. The van der Waals surface area contributed by atoms with Gasteiger partial charge in [0, 0.05) is 56.9 Å². The van der Waals surface area contributed by atoms with Crippen molar-refractivity contribution in [1.29, 1.82) is 0 Å². The van der Waals surface area contributed by atoms with Crippen molar-refractivity contribution in [2.45, 2.75) is 26.2 Å². The van der Waals surface area contributed by atoms with Gasteiger partial charge in [0.05, 0.1) is 6.54 Å². The first-order chi connectivity index (χ1) is 14.6. The maximum atomic E-state index is 12.2. The van der Waals surface area contributed by atoms with Crippen molar-refractivity contribution in [3.63, 3.8) is 0 Å². The number of aromatic nitrogens is 3. The summed E-state index contributed by atoms with van der Waals surface area (Å²) in [5, 5.41) is 11.4. The maximum absolute atomic E-state index is 12.2. The third kappa shape index (κ3) is 7.24. The largest absolute Gasteiger partial charge is 0.490 e. The van der Waals surface area contributed by atoms with Gasteiger partial charge in [-0.05, 0) is 19.1 Å². The Morgan fingerprint density at radius 3 is 2.52 bits per heavy atom. The summed E-state index contributed by atoms with van der Waals surface area (Å²) in [4.78, 5) is 29.9. The van der Waals surface area contributed by atoms with Crippen LogP contribution in [0.15, 0.2) is 30.6 Å². The lowest BCUT2D eigenvalue weighted by molar-refractivity contribution is -0.192. The second-order valence-corrected chi connectivity index (χ2v) is 6.74. The molecule has 3 rings (SSSR count). The number of pyridine rings is 1. The molecule has 1 aliphatic heterocycles. The Morgan fingerprint density at radius 1 is 1.23 bits per heavy atom. The van der Waals surface area contributed by atoms with Crippen LogP contribution in [0, 0.1) is 6.92 Å². The Kier molecular flexibility index (Phi) is 8.37. The van der Waals surface area contributed by atoms with Crippen LogP contribution < -0.4 is 4.90 Å². The molecule has 0 atom stereocenters. The molecule has 1 amide bonds. The number of aryl methyl sites for hydroxylation is 1. The standard InChI is InChI=1S/C17H23N5O2.C2HF3O2/c1-14-4-5-15-12-21(16(23)13-24-2)9-8-20(17(15)19-14)10-11-22-7-3-6-18-22;3-2(4,5)1(6)7/h3-7H,8-13H2,1-2H3;(H,6,7). The van der Waals surface area contributed by atoms with E-state index in [1.807, 2.05) is 34.8 Å². The monoisotopic (exact) mass is 443 g/mol. The number of halogens is 3. The lowest BCUT2D eigenvalue weighted by Crippen LogP contribution is -2.38. The number of anilines is 1. The molecule has 0 aromatic carbocycles. The van der Waals surface area contributed by atoms with E-state index in [-0.39, 0.29) is 12.5 Å². The van der Waals surface area contributed by atoms with Crippen LogP contribution in [0.25, 0.3) is 0 Å². The van der Waals surface area contributed by atoms with E-state index >= 15 is 0 Å². The van der Waals surface area contributed by atoms with E-state index in [1.165, 1.54) is 0 Å². The molecule has 0 spiro atoms. The fraction of sp³-hybridized carbons (Fsp3) is 0.474. The Balaban J connectivity index is 0.000000423. The number of methoxy groups -OCH3 is 1. The summed E-state index contributed by atoms with van der Waals surface area (Å²) >= 11 is 0. The topological polar surface area (TPSA) is 101 Å². The van der Waals surface area contributed by atoms with E-state index in [2.05, 4.69) is 16.1 Å². The summed E-state index contributed by atoms with van der Waals surface area (Å²) in [5.41, 5.74) is 2.05. The number of amides is 1. The molecular formula is C19H24F3N5O4. The van der Waals surface area contributed by atoms with Crippen molar-refractivity contribution in [3.8, 4) is 0 Å². The van der Waals surface area contributed by atoms with Crippen molar-refractivity contribution in [1.82, 2.24) is 19.7 Å². The molecule has 0 bridgehead atoms. The molecule has 31 heavy (non-hydrogen) atoms. The maximum Gasteiger partial charge on any atom is 0.490 e. The molecule has 1 aliphatic rings. The minimum atomic E-state index is -5.08. The number of carbonyl (C=O) groups excluding carboxylic acids is 1. The number of ether oxygens (including phenoxy) is 1. The zero-order valence-electron chi connectivity index (χ0n) is 17.2. The van der Waals surface area contributed by atoms with Gasteiger partial charge in [-0.25, -0.2) is 9.78 Å². The lowest BCUT2D eigenvalue weighted by Gasteiger charge is -2.24. The lowest BCUT2D eigenvalue weighted by atomic mass is 10.2. The SMILES string of the molecule is COCC(=O)N1CCN(CCn2cccn2)c2nc(C)ccc2C1.O=C(O)C(F)(F)F. The van der Waals surface area contributed by atoms with Crippen LogP contribution >= 0.6 is 0 Å². The van der Waals surface area contributed by atoms with Gasteiger partial charge in [0.25, 0.3) is 0 Å². The second kappa shape index (κ2) is 10.8. The number of carboxylic acids is 1. The number of hydrogen-bond donors (Lipinski definition) is 1. The molecule has 0 unspecified atom stereocenters. The number of hydrogen-bond acceptors (Lipinski definition) is 6. The summed E-state index contributed by atoms with van der Waals surface area (Å²) in [6.07, 6.45) is -1.35. The zero-order chi connectivity index (χ0) is 23.0.